The van der Waals surface area contributed by atoms with E-state index >= 15 is 0 Å². The van der Waals surface area contributed by atoms with Crippen LogP contribution in [-0.2, 0) is 0 Å². The number of hydrogen-bond acceptors (Lipinski definition) is 2. The van der Waals surface area contributed by atoms with Crippen molar-refractivity contribution < 1.29 is 9.90 Å². The maximum Gasteiger partial charge on any atom is 0.337 e. The van der Waals surface area contributed by atoms with Gasteiger partial charge in [-0.3, -0.25) is 3.97 Å². The van der Waals surface area contributed by atoms with Crippen LogP contribution in [0.5, 0.6) is 0 Å². The molecule has 0 amide bonds. The van der Waals surface area contributed by atoms with Gasteiger partial charge in [0.15, 0.2) is 0 Å². The zero-order valence-corrected chi connectivity index (χ0v) is 11.5. The van der Waals surface area contributed by atoms with Crippen molar-refractivity contribution in [2.24, 2.45) is 0 Å². The Balaban J connectivity index is 2.05. The van der Waals surface area contributed by atoms with E-state index in [1.165, 1.54) is 11.9 Å². The van der Waals surface area contributed by atoms with Crippen LogP contribution in [0.3, 0.4) is 0 Å². The van der Waals surface area contributed by atoms with E-state index in [-0.39, 0.29) is 0 Å². The standard InChI is InChI=1S/C16H13NO2S/c18-16(19)14-11-17(15-10-6-5-9-13(14)15)20-12-7-3-1-2-4-8-12/h1,3-11H,2H2,(H,18,19). The van der Waals surface area contributed by atoms with Crippen molar-refractivity contribution >= 4 is 28.8 Å². The van der Waals surface area contributed by atoms with Gasteiger partial charge in [0.25, 0.3) is 0 Å². The van der Waals surface area contributed by atoms with Gasteiger partial charge in [-0.25, -0.2) is 4.79 Å². The van der Waals surface area contributed by atoms with Crippen LogP contribution in [0.4, 0.5) is 0 Å². The third-order valence-electron chi connectivity index (χ3n) is 3.06. The van der Waals surface area contributed by atoms with E-state index in [2.05, 4.69) is 18.2 Å². The smallest absolute Gasteiger partial charge is 0.337 e. The molecule has 1 aromatic carbocycles. The van der Waals surface area contributed by atoms with Gasteiger partial charge in [-0.2, -0.15) is 0 Å². The third kappa shape index (κ3) is 2.42. The molecular weight excluding hydrogens is 270 g/mol. The molecule has 1 aliphatic carbocycles. The minimum absolute atomic E-state index is 0.335. The van der Waals surface area contributed by atoms with Gasteiger partial charge in [-0.15, -0.1) is 0 Å². The summed E-state index contributed by atoms with van der Waals surface area (Å²) < 4.78 is 1.91. The van der Waals surface area contributed by atoms with E-state index in [9.17, 15) is 9.90 Å². The van der Waals surface area contributed by atoms with Crippen molar-refractivity contribution in [1.29, 1.82) is 0 Å². The largest absolute Gasteiger partial charge is 0.478 e. The van der Waals surface area contributed by atoms with Crippen LogP contribution in [0.15, 0.2) is 65.7 Å². The molecular formula is C16H13NO2S. The van der Waals surface area contributed by atoms with E-state index in [1.54, 1.807) is 6.20 Å². The van der Waals surface area contributed by atoms with Crippen LogP contribution in [-0.4, -0.2) is 15.0 Å². The van der Waals surface area contributed by atoms with Gasteiger partial charge < -0.3 is 5.11 Å². The molecule has 1 aliphatic rings. The highest BCUT2D eigenvalue weighted by Gasteiger charge is 2.14. The lowest BCUT2D eigenvalue weighted by molar-refractivity contribution is 0.0699. The minimum Gasteiger partial charge on any atom is -0.478 e. The first-order chi connectivity index (χ1) is 9.75. The van der Waals surface area contributed by atoms with Crippen molar-refractivity contribution in [1.82, 2.24) is 3.97 Å². The summed E-state index contributed by atoms with van der Waals surface area (Å²) in [5.74, 6) is -0.897. The van der Waals surface area contributed by atoms with Crippen LogP contribution >= 0.6 is 11.9 Å². The third-order valence-corrected chi connectivity index (χ3v) is 4.04. The van der Waals surface area contributed by atoms with Gasteiger partial charge >= 0.3 is 5.97 Å². The quantitative estimate of drug-likeness (QED) is 0.916. The molecule has 3 rings (SSSR count). The second-order valence-electron chi connectivity index (χ2n) is 4.42. The molecule has 0 bridgehead atoms. The average molecular weight is 283 g/mol. The zero-order chi connectivity index (χ0) is 13.9. The Morgan fingerprint density at radius 1 is 1.25 bits per heavy atom. The normalized spacial score (nSPS) is 14.3. The number of carboxylic acids is 1. The van der Waals surface area contributed by atoms with Gasteiger partial charge in [0.05, 0.1) is 11.1 Å². The maximum atomic E-state index is 11.3. The number of carboxylic acid groups (broad SMARTS) is 1. The summed E-state index contributed by atoms with van der Waals surface area (Å²) in [5.41, 5.74) is 1.25. The van der Waals surface area contributed by atoms with Gasteiger partial charge in [-0.05, 0) is 30.5 Å². The minimum atomic E-state index is -0.897. The molecule has 0 radical (unpaired) electrons. The Labute approximate surface area is 121 Å². The topological polar surface area (TPSA) is 42.2 Å². The number of aromatic nitrogens is 1. The number of nitrogens with zero attached hydrogens (tertiary/aromatic N) is 1. The van der Waals surface area contributed by atoms with Crippen LogP contribution in [0.1, 0.15) is 16.8 Å². The molecule has 1 heterocycles. The van der Waals surface area contributed by atoms with E-state index in [4.69, 9.17) is 0 Å². The summed E-state index contributed by atoms with van der Waals surface area (Å²) in [6, 6.07) is 7.55. The zero-order valence-electron chi connectivity index (χ0n) is 10.7. The summed E-state index contributed by atoms with van der Waals surface area (Å²) in [5, 5.41) is 10.0. The van der Waals surface area contributed by atoms with E-state index in [0.717, 1.165) is 22.2 Å². The molecule has 0 spiro atoms. The molecule has 0 atom stereocenters. The molecule has 0 saturated carbocycles. The number of allylic oxidation sites excluding steroid dienone is 5. The molecule has 3 nitrogen and oxygen atoms in total. The van der Waals surface area contributed by atoms with E-state index in [1.807, 2.05) is 40.4 Å². The first-order valence-corrected chi connectivity index (χ1v) is 7.08. The highest BCUT2D eigenvalue weighted by Crippen LogP contribution is 2.30. The van der Waals surface area contributed by atoms with Crippen LogP contribution in [0.25, 0.3) is 10.9 Å². The van der Waals surface area contributed by atoms with Crippen molar-refractivity contribution in [3.63, 3.8) is 0 Å². The lowest BCUT2D eigenvalue weighted by Crippen LogP contribution is -1.93. The number of hydrogen-bond donors (Lipinski definition) is 1. The Morgan fingerprint density at radius 2 is 2.10 bits per heavy atom. The Bertz CT molecular complexity index is 753. The Morgan fingerprint density at radius 3 is 2.95 bits per heavy atom. The van der Waals surface area contributed by atoms with Crippen molar-refractivity contribution in [2.45, 2.75) is 6.42 Å². The summed E-state index contributed by atoms with van der Waals surface area (Å²) in [4.78, 5) is 12.4. The molecule has 0 saturated heterocycles. The van der Waals surface area contributed by atoms with Gasteiger partial charge in [-0.1, -0.05) is 42.5 Å². The van der Waals surface area contributed by atoms with Crippen molar-refractivity contribution in [3.8, 4) is 0 Å². The average Bonchev–Trinajstić information content (AvgIpc) is 2.63. The maximum absolute atomic E-state index is 11.3. The van der Waals surface area contributed by atoms with Crippen LogP contribution in [0, 0.1) is 0 Å². The molecule has 1 N–H and O–H groups in total. The molecule has 0 fully saturated rings. The summed E-state index contributed by atoms with van der Waals surface area (Å²) in [6.07, 6.45) is 12.9. The lowest BCUT2D eigenvalue weighted by Gasteiger charge is -2.04. The van der Waals surface area contributed by atoms with Crippen LogP contribution < -0.4 is 0 Å². The number of fused-ring (bicyclic) bond motifs is 1. The number of carbonyl (C=O) groups is 1. The molecule has 0 aliphatic heterocycles. The fourth-order valence-electron chi connectivity index (χ4n) is 2.13. The second kappa shape index (κ2) is 5.43. The fourth-order valence-corrected chi connectivity index (χ4v) is 3.07. The summed E-state index contributed by atoms with van der Waals surface area (Å²) in [6.45, 7) is 0. The summed E-state index contributed by atoms with van der Waals surface area (Å²) >= 11 is 1.52. The molecule has 20 heavy (non-hydrogen) atoms. The van der Waals surface area contributed by atoms with E-state index < -0.39 is 5.97 Å². The second-order valence-corrected chi connectivity index (χ2v) is 5.46. The summed E-state index contributed by atoms with van der Waals surface area (Å²) in [7, 11) is 0. The van der Waals surface area contributed by atoms with Gasteiger partial charge in [0.2, 0.25) is 0 Å². The Kier molecular flexibility index (Phi) is 3.48. The van der Waals surface area contributed by atoms with Crippen molar-refractivity contribution in [2.75, 3.05) is 0 Å². The first kappa shape index (κ1) is 12.8. The van der Waals surface area contributed by atoms with Crippen molar-refractivity contribution in [3.05, 3.63) is 71.3 Å². The predicted molar refractivity (Wildman–Crippen MR) is 82.9 cm³/mol. The number of aromatic carboxylic acids is 1. The van der Waals surface area contributed by atoms with Crippen LogP contribution in [0.2, 0.25) is 0 Å². The highest BCUT2D eigenvalue weighted by atomic mass is 32.2. The first-order valence-electron chi connectivity index (χ1n) is 6.31. The molecule has 1 aromatic heterocycles. The molecule has 4 heteroatoms. The Hall–Kier alpha value is -2.20. The van der Waals surface area contributed by atoms with Gasteiger partial charge in [0.1, 0.15) is 0 Å². The molecule has 100 valence electrons. The predicted octanol–water partition coefficient (Wildman–Crippen LogP) is 4.24. The number of para-hydroxylation sites is 1. The fraction of sp³-hybridized carbons (Fsp3) is 0.0625. The molecule has 0 unspecified atom stereocenters. The SMILES string of the molecule is O=C(O)c1cn(SC2=CC=CCC=C2)c2ccccc12. The highest BCUT2D eigenvalue weighted by molar-refractivity contribution is 8.02. The monoisotopic (exact) mass is 283 g/mol. The van der Waals surface area contributed by atoms with Gasteiger partial charge in [0, 0.05) is 16.5 Å². The number of rotatable bonds is 3. The number of benzene rings is 1. The molecule has 2 aromatic rings. The van der Waals surface area contributed by atoms with E-state index in [0.29, 0.717) is 5.56 Å². The lowest BCUT2D eigenvalue weighted by atomic mass is 10.2.